The van der Waals surface area contributed by atoms with E-state index in [1.165, 1.54) is 13.2 Å². The number of ether oxygens (including phenoxy) is 1. The van der Waals surface area contributed by atoms with Gasteiger partial charge in [0.1, 0.15) is 23.4 Å². The zero-order valence-corrected chi connectivity index (χ0v) is 16.6. The molecule has 7 nitrogen and oxygen atoms in total. The van der Waals surface area contributed by atoms with Crippen LogP contribution in [0.5, 0.6) is 11.5 Å². The summed E-state index contributed by atoms with van der Waals surface area (Å²) < 4.78 is 5.14. The predicted octanol–water partition coefficient (Wildman–Crippen LogP) is 3.15. The van der Waals surface area contributed by atoms with Crippen LogP contribution in [-0.2, 0) is 11.3 Å². The molecule has 0 spiro atoms. The van der Waals surface area contributed by atoms with Crippen molar-refractivity contribution < 1.29 is 14.6 Å². The van der Waals surface area contributed by atoms with Crippen LogP contribution in [0.3, 0.4) is 0 Å². The van der Waals surface area contributed by atoms with Gasteiger partial charge in [-0.25, -0.2) is 0 Å². The minimum atomic E-state index is -0.845. The molecule has 0 saturated heterocycles. The lowest BCUT2D eigenvalue weighted by Crippen LogP contribution is -2.33. The summed E-state index contributed by atoms with van der Waals surface area (Å²) in [5.41, 5.74) is 8.11. The lowest BCUT2D eigenvalue weighted by molar-refractivity contribution is -0.122. The van der Waals surface area contributed by atoms with E-state index in [1.807, 2.05) is 30.3 Å². The number of methoxy groups -OCH3 is 1. The number of amidine groups is 1. The molecular formula is C23H24N4O3. The van der Waals surface area contributed by atoms with E-state index >= 15 is 0 Å². The molecule has 0 aliphatic carbocycles. The van der Waals surface area contributed by atoms with Crippen molar-refractivity contribution in [3.63, 3.8) is 0 Å². The third kappa shape index (κ3) is 5.08. The Bertz CT molecular complexity index is 1020. The van der Waals surface area contributed by atoms with Crippen LogP contribution in [-0.4, -0.2) is 24.0 Å². The van der Waals surface area contributed by atoms with Gasteiger partial charge in [-0.05, 0) is 42.0 Å². The van der Waals surface area contributed by atoms with Gasteiger partial charge in [-0.3, -0.25) is 10.2 Å². The highest BCUT2D eigenvalue weighted by atomic mass is 16.5. The molecule has 0 aliphatic rings. The van der Waals surface area contributed by atoms with Gasteiger partial charge in [0, 0.05) is 29.4 Å². The number of hydrogen-bond acceptors (Lipinski definition) is 5. The van der Waals surface area contributed by atoms with Crippen molar-refractivity contribution in [2.75, 3.05) is 12.4 Å². The Morgan fingerprint density at radius 2 is 1.80 bits per heavy atom. The Balaban J connectivity index is 1.85. The molecule has 6 N–H and O–H groups in total. The average Bonchev–Trinajstić information content (AvgIpc) is 2.77. The summed E-state index contributed by atoms with van der Waals surface area (Å²) in [5, 5.41) is 24.0. The maximum atomic E-state index is 13.0. The monoisotopic (exact) mass is 404 g/mol. The largest absolute Gasteiger partial charge is 0.507 e. The van der Waals surface area contributed by atoms with E-state index in [2.05, 4.69) is 10.6 Å². The number of amides is 1. The van der Waals surface area contributed by atoms with E-state index in [9.17, 15) is 9.90 Å². The van der Waals surface area contributed by atoms with Crippen molar-refractivity contribution in [3.05, 3.63) is 89.5 Å². The number of rotatable bonds is 8. The second kappa shape index (κ2) is 9.47. The van der Waals surface area contributed by atoms with Gasteiger partial charge in [0.25, 0.3) is 0 Å². The molecule has 0 radical (unpaired) electrons. The molecule has 7 heteroatoms. The number of phenolic OH excluding ortho intramolecular Hbond substituents is 1. The molecule has 3 aromatic carbocycles. The fraction of sp³-hybridized carbons (Fsp3) is 0.130. The van der Waals surface area contributed by atoms with E-state index < -0.39 is 6.04 Å². The van der Waals surface area contributed by atoms with Gasteiger partial charge in [-0.1, -0.05) is 30.3 Å². The standard InChI is InChI=1S/C23H24N4O3/c1-30-18-11-12-19(20(28)13-18)21(23(29)26-14-15-5-3-2-4-6-15)27-17-9-7-16(8-10-17)22(24)25/h2-13,21,27-28H,14H2,1H3,(H3,24,25)(H,26,29)/t21-/m1/s1. The summed E-state index contributed by atoms with van der Waals surface area (Å²) in [5.74, 6) is 0.106. The van der Waals surface area contributed by atoms with Crippen molar-refractivity contribution in [2.45, 2.75) is 12.6 Å². The van der Waals surface area contributed by atoms with Crippen LogP contribution >= 0.6 is 0 Å². The number of anilines is 1. The first-order chi connectivity index (χ1) is 14.5. The molecule has 154 valence electrons. The number of aromatic hydroxyl groups is 1. The highest BCUT2D eigenvalue weighted by Gasteiger charge is 2.24. The first-order valence-electron chi connectivity index (χ1n) is 9.37. The number of carbonyl (C=O) groups excluding carboxylic acids is 1. The molecule has 0 aliphatic heterocycles. The second-order valence-corrected chi connectivity index (χ2v) is 6.70. The minimum absolute atomic E-state index is 0.0356. The molecule has 0 heterocycles. The molecule has 1 amide bonds. The molecule has 30 heavy (non-hydrogen) atoms. The minimum Gasteiger partial charge on any atom is -0.507 e. The Morgan fingerprint density at radius 3 is 2.40 bits per heavy atom. The number of nitrogens with one attached hydrogen (secondary N) is 3. The average molecular weight is 404 g/mol. The van der Waals surface area contributed by atoms with Crippen LogP contribution in [0.1, 0.15) is 22.7 Å². The maximum absolute atomic E-state index is 13.0. The zero-order valence-electron chi connectivity index (χ0n) is 16.6. The van der Waals surface area contributed by atoms with E-state index in [1.54, 1.807) is 36.4 Å². The van der Waals surface area contributed by atoms with Gasteiger partial charge in [0.05, 0.1) is 7.11 Å². The first-order valence-corrected chi connectivity index (χ1v) is 9.37. The van der Waals surface area contributed by atoms with Gasteiger partial charge in [0.15, 0.2) is 0 Å². The molecule has 0 saturated carbocycles. The van der Waals surface area contributed by atoms with Gasteiger partial charge in [-0.2, -0.15) is 0 Å². The Hall–Kier alpha value is -4.00. The third-order valence-corrected chi connectivity index (χ3v) is 4.63. The molecule has 0 aromatic heterocycles. The lowest BCUT2D eigenvalue weighted by atomic mass is 10.0. The highest BCUT2D eigenvalue weighted by molar-refractivity contribution is 5.95. The van der Waals surface area contributed by atoms with Crippen LogP contribution in [0.25, 0.3) is 0 Å². The quantitative estimate of drug-likeness (QED) is 0.292. The van der Waals surface area contributed by atoms with Crippen molar-refractivity contribution in [2.24, 2.45) is 5.73 Å². The van der Waals surface area contributed by atoms with Gasteiger partial charge in [0.2, 0.25) is 5.91 Å². The highest BCUT2D eigenvalue weighted by Crippen LogP contribution is 2.31. The fourth-order valence-corrected chi connectivity index (χ4v) is 2.98. The van der Waals surface area contributed by atoms with Crippen molar-refractivity contribution in [1.82, 2.24) is 5.32 Å². The topological polar surface area (TPSA) is 120 Å². The fourth-order valence-electron chi connectivity index (χ4n) is 2.98. The number of hydrogen-bond donors (Lipinski definition) is 5. The van der Waals surface area contributed by atoms with Crippen LogP contribution in [0.15, 0.2) is 72.8 Å². The van der Waals surface area contributed by atoms with Crippen LogP contribution in [0.2, 0.25) is 0 Å². The number of carbonyl (C=O) groups is 1. The summed E-state index contributed by atoms with van der Waals surface area (Å²) in [6.45, 7) is 0.359. The van der Waals surface area contributed by atoms with Crippen molar-refractivity contribution >= 4 is 17.4 Å². The predicted molar refractivity (Wildman–Crippen MR) is 117 cm³/mol. The molecule has 1 atom stereocenters. The van der Waals surface area contributed by atoms with E-state index in [0.717, 1.165) is 5.56 Å². The van der Waals surface area contributed by atoms with Gasteiger partial charge < -0.3 is 26.2 Å². The van der Waals surface area contributed by atoms with Crippen molar-refractivity contribution in [1.29, 1.82) is 5.41 Å². The molecule has 0 fully saturated rings. The lowest BCUT2D eigenvalue weighted by Gasteiger charge is -2.21. The third-order valence-electron chi connectivity index (χ3n) is 4.63. The molecule has 0 unspecified atom stereocenters. The summed E-state index contributed by atoms with van der Waals surface area (Å²) in [6, 6.07) is 20.4. The van der Waals surface area contributed by atoms with Gasteiger partial charge in [-0.15, -0.1) is 0 Å². The number of nitrogen functional groups attached to an aromatic ring is 1. The normalized spacial score (nSPS) is 11.4. The van der Waals surface area contributed by atoms with Gasteiger partial charge >= 0.3 is 0 Å². The van der Waals surface area contributed by atoms with Crippen molar-refractivity contribution in [3.8, 4) is 11.5 Å². The second-order valence-electron chi connectivity index (χ2n) is 6.70. The van der Waals surface area contributed by atoms with E-state index in [0.29, 0.717) is 29.1 Å². The number of benzene rings is 3. The SMILES string of the molecule is COc1ccc([C@@H](Nc2ccc(C(=N)N)cc2)C(=O)NCc2ccccc2)c(O)c1. The summed E-state index contributed by atoms with van der Waals surface area (Å²) >= 11 is 0. The summed E-state index contributed by atoms with van der Waals surface area (Å²) in [7, 11) is 1.51. The smallest absolute Gasteiger partial charge is 0.247 e. The zero-order chi connectivity index (χ0) is 21.5. The van der Waals surface area contributed by atoms with Crippen LogP contribution in [0, 0.1) is 5.41 Å². The Morgan fingerprint density at radius 1 is 1.10 bits per heavy atom. The van der Waals surface area contributed by atoms with Crippen LogP contribution in [0.4, 0.5) is 5.69 Å². The number of nitrogens with two attached hydrogens (primary N) is 1. The van der Waals surface area contributed by atoms with E-state index in [4.69, 9.17) is 15.9 Å². The van der Waals surface area contributed by atoms with Crippen LogP contribution < -0.4 is 21.1 Å². The Labute approximate surface area is 175 Å². The first kappa shape index (κ1) is 20.7. The summed E-state index contributed by atoms with van der Waals surface area (Å²) in [6.07, 6.45) is 0. The number of phenols is 1. The molecule has 3 rings (SSSR count). The maximum Gasteiger partial charge on any atom is 0.247 e. The Kier molecular flexibility index (Phi) is 6.54. The molecule has 0 bridgehead atoms. The van der Waals surface area contributed by atoms with E-state index in [-0.39, 0.29) is 17.5 Å². The molecular weight excluding hydrogens is 380 g/mol. The summed E-state index contributed by atoms with van der Waals surface area (Å²) in [4.78, 5) is 13.0. The molecule has 3 aromatic rings.